The van der Waals surface area contributed by atoms with Gasteiger partial charge in [-0.05, 0) is 51.0 Å². The van der Waals surface area contributed by atoms with Gasteiger partial charge in [-0.2, -0.15) is 0 Å². The van der Waals surface area contributed by atoms with Gasteiger partial charge in [0, 0.05) is 29.8 Å². The monoisotopic (exact) mass is 287 g/mol. The largest absolute Gasteiger partial charge is 0.377 e. The van der Waals surface area contributed by atoms with Gasteiger partial charge in [0.05, 0.1) is 16.7 Å². The highest BCUT2D eigenvalue weighted by Crippen LogP contribution is 2.25. The molecular weight excluding hydrogens is 266 g/mol. The lowest BCUT2D eigenvalue weighted by atomic mass is 10.2. The number of hydrogen-bond acceptors (Lipinski definition) is 4. The lowest BCUT2D eigenvalue weighted by Crippen LogP contribution is -2.17. The van der Waals surface area contributed by atoms with Gasteiger partial charge in [0.1, 0.15) is 0 Å². The number of nitrogens with zero attached hydrogens (tertiary/aromatic N) is 2. The van der Waals surface area contributed by atoms with Crippen LogP contribution in [0.4, 0.5) is 11.4 Å². The fourth-order valence-corrected chi connectivity index (χ4v) is 3.35. The van der Waals surface area contributed by atoms with Crippen LogP contribution in [-0.4, -0.2) is 18.1 Å². The molecule has 0 saturated carbocycles. The van der Waals surface area contributed by atoms with Crippen LogP contribution in [0.3, 0.4) is 0 Å². The third-order valence-electron chi connectivity index (χ3n) is 3.80. The van der Waals surface area contributed by atoms with Crippen molar-refractivity contribution in [1.82, 2.24) is 4.98 Å². The van der Waals surface area contributed by atoms with Gasteiger partial charge >= 0.3 is 0 Å². The number of aromatic nitrogens is 1. The Labute approximate surface area is 124 Å². The molecule has 1 atom stereocenters. The zero-order valence-electron chi connectivity index (χ0n) is 12.1. The SMILES string of the molecule is Cc1nc(C(C)Nc2ccc(N3CCCC3)cc2)cs1. The van der Waals surface area contributed by atoms with E-state index in [0.29, 0.717) is 0 Å². The van der Waals surface area contributed by atoms with E-state index >= 15 is 0 Å². The molecule has 2 aromatic rings. The first kappa shape index (κ1) is 13.4. The van der Waals surface area contributed by atoms with Crippen LogP contribution in [0.25, 0.3) is 0 Å². The molecule has 4 heteroatoms. The Kier molecular flexibility index (Phi) is 3.92. The first-order chi connectivity index (χ1) is 9.72. The summed E-state index contributed by atoms with van der Waals surface area (Å²) in [7, 11) is 0. The molecule has 2 heterocycles. The fourth-order valence-electron chi connectivity index (χ4n) is 2.65. The van der Waals surface area contributed by atoms with Crippen molar-refractivity contribution in [2.75, 3.05) is 23.3 Å². The number of aryl methyl sites for hydroxylation is 1. The molecule has 1 N–H and O–H groups in total. The van der Waals surface area contributed by atoms with E-state index in [1.807, 2.05) is 6.92 Å². The van der Waals surface area contributed by atoms with E-state index in [0.717, 1.165) is 16.4 Å². The van der Waals surface area contributed by atoms with Crippen LogP contribution >= 0.6 is 11.3 Å². The maximum absolute atomic E-state index is 4.54. The van der Waals surface area contributed by atoms with Gasteiger partial charge in [-0.3, -0.25) is 0 Å². The van der Waals surface area contributed by atoms with Gasteiger partial charge in [-0.25, -0.2) is 4.98 Å². The molecule has 1 aromatic heterocycles. The van der Waals surface area contributed by atoms with E-state index in [1.165, 1.54) is 31.6 Å². The van der Waals surface area contributed by atoms with Crippen LogP contribution in [0.5, 0.6) is 0 Å². The molecule has 106 valence electrons. The maximum Gasteiger partial charge on any atom is 0.0898 e. The van der Waals surface area contributed by atoms with Gasteiger partial charge in [-0.1, -0.05) is 0 Å². The standard InChI is InChI=1S/C16H21N3S/c1-12(16-11-20-13(2)18-16)17-14-5-7-15(8-6-14)19-9-3-4-10-19/h5-8,11-12,17H,3-4,9-10H2,1-2H3. The summed E-state index contributed by atoms with van der Waals surface area (Å²) >= 11 is 1.70. The summed E-state index contributed by atoms with van der Waals surface area (Å²) in [4.78, 5) is 6.99. The lowest BCUT2D eigenvalue weighted by Gasteiger charge is -2.19. The summed E-state index contributed by atoms with van der Waals surface area (Å²) in [6.45, 7) is 6.59. The minimum Gasteiger partial charge on any atom is -0.377 e. The molecule has 1 aliphatic heterocycles. The molecule has 1 fully saturated rings. The second-order valence-electron chi connectivity index (χ2n) is 5.40. The minimum absolute atomic E-state index is 0.248. The zero-order chi connectivity index (χ0) is 13.9. The van der Waals surface area contributed by atoms with Gasteiger partial charge in [0.15, 0.2) is 0 Å². The molecule has 0 amide bonds. The van der Waals surface area contributed by atoms with Crippen LogP contribution in [0.15, 0.2) is 29.6 Å². The van der Waals surface area contributed by atoms with Crippen LogP contribution in [0, 0.1) is 6.92 Å². The highest BCUT2D eigenvalue weighted by molar-refractivity contribution is 7.09. The molecule has 0 bridgehead atoms. The van der Waals surface area contributed by atoms with Crippen LogP contribution in [0.1, 0.15) is 36.5 Å². The summed E-state index contributed by atoms with van der Waals surface area (Å²) in [6, 6.07) is 9.02. The van der Waals surface area contributed by atoms with Crippen molar-refractivity contribution in [2.45, 2.75) is 32.7 Å². The van der Waals surface area contributed by atoms with Crippen molar-refractivity contribution in [1.29, 1.82) is 0 Å². The van der Waals surface area contributed by atoms with E-state index in [-0.39, 0.29) is 6.04 Å². The van der Waals surface area contributed by atoms with Gasteiger partial charge in [-0.15, -0.1) is 11.3 Å². The molecule has 1 saturated heterocycles. The van der Waals surface area contributed by atoms with Gasteiger partial charge in [0.25, 0.3) is 0 Å². The third kappa shape index (κ3) is 2.96. The third-order valence-corrected chi connectivity index (χ3v) is 4.59. The Bertz CT molecular complexity index is 555. The van der Waals surface area contributed by atoms with Crippen LogP contribution < -0.4 is 10.2 Å². The molecule has 3 rings (SSSR count). The quantitative estimate of drug-likeness (QED) is 0.912. The lowest BCUT2D eigenvalue weighted by molar-refractivity contribution is 0.845. The van der Waals surface area contributed by atoms with E-state index < -0.39 is 0 Å². The van der Waals surface area contributed by atoms with Crippen molar-refractivity contribution in [3.8, 4) is 0 Å². The molecule has 0 spiro atoms. The first-order valence-electron chi connectivity index (χ1n) is 7.26. The normalized spacial score (nSPS) is 16.4. The molecule has 1 aromatic carbocycles. The number of benzene rings is 1. The summed E-state index contributed by atoms with van der Waals surface area (Å²) < 4.78 is 0. The zero-order valence-corrected chi connectivity index (χ0v) is 12.9. The van der Waals surface area contributed by atoms with Crippen LogP contribution in [-0.2, 0) is 0 Å². The highest BCUT2D eigenvalue weighted by Gasteiger charge is 2.12. The Hall–Kier alpha value is -1.55. The summed E-state index contributed by atoms with van der Waals surface area (Å²) in [6.07, 6.45) is 2.64. The average molecular weight is 287 g/mol. The number of thiazole rings is 1. The molecule has 1 aliphatic rings. The van der Waals surface area contributed by atoms with E-state index in [4.69, 9.17) is 0 Å². The molecular formula is C16H21N3S. The summed E-state index contributed by atoms with van der Waals surface area (Å²) in [5.41, 5.74) is 3.62. The van der Waals surface area contributed by atoms with Gasteiger partial charge < -0.3 is 10.2 Å². The molecule has 3 nitrogen and oxygen atoms in total. The fraction of sp³-hybridized carbons (Fsp3) is 0.438. The van der Waals surface area contributed by atoms with Crippen molar-refractivity contribution >= 4 is 22.7 Å². The van der Waals surface area contributed by atoms with Crippen molar-refractivity contribution in [2.24, 2.45) is 0 Å². The van der Waals surface area contributed by atoms with E-state index in [2.05, 4.69) is 51.8 Å². The smallest absolute Gasteiger partial charge is 0.0898 e. The molecule has 20 heavy (non-hydrogen) atoms. The average Bonchev–Trinajstić information content (AvgIpc) is 3.10. The second kappa shape index (κ2) is 5.83. The number of hydrogen-bond donors (Lipinski definition) is 1. The second-order valence-corrected chi connectivity index (χ2v) is 6.46. The Morgan fingerprint density at radius 2 is 1.90 bits per heavy atom. The van der Waals surface area contributed by atoms with Crippen molar-refractivity contribution in [3.05, 3.63) is 40.3 Å². The number of anilines is 2. The maximum atomic E-state index is 4.54. The Morgan fingerprint density at radius 3 is 2.50 bits per heavy atom. The number of nitrogens with one attached hydrogen (secondary N) is 1. The van der Waals surface area contributed by atoms with E-state index in [1.54, 1.807) is 11.3 Å². The molecule has 0 aliphatic carbocycles. The summed E-state index contributed by atoms with van der Waals surface area (Å²) in [5, 5.41) is 6.77. The molecule has 1 unspecified atom stereocenters. The van der Waals surface area contributed by atoms with Crippen molar-refractivity contribution < 1.29 is 0 Å². The van der Waals surface area contributed by atoms with Crippen LogP contribution in [0.2, 0.25) is 0 Å². The topological polar surface area (TPSA) is 28.2 Å². The molecule has 0 radical (unpaired) electrons. The predicted octanol–water partition coefficient (Wildman–Crippen LogP) is 4.22. The minimum atomic E-state index is 0.248. The van der Waals surface area contributed by atoms with Gasteiger partial charge in [0.2, 0.25) is 0 Å². The first-order valence-corrected chi connectivity index (χ1v) is 8.14. The highest BCUT2D eigenvalue weighted by atomic mass is 32.1. The summed E-state index contributed by atoms with van der Waals surface area (Å²) in [5.74, 6) is 0. The van der Waals surface area contributed by atoms with Crippen molar-refractivity contribution in [3.63, 3.8) is 0 Å². The Balaban J connectivity index is 1.65. The Morgan fingerprint density at radius 1 is 1.20 bits per heavy atom. The van der Waals surface area contributed by atoms with E-state index in [9.17, 15) is 0 Å². The predicted molar refractivity (Wildman–Crippen MR) is 86.8 cm³/mol. The number of rotatable bonds is 4.